The van der Waals surface area contributed by atoms with Crippen LogP contribution in [0.1, 0.15) is 15.5 Å². The van der Waals surface area contributed by atoms with E-state index < -0.39 is 0 Å². The summed E-state index contributed by atoms with van der Waals surface area (Å²) in [6.07, 6.45) is 6.63. The molecule has 0 spiro atoms. The average Bonchev–Trinajstić information content (AvgIpc) is 3.30. The highest BCUT2D eigenvalue weighted by molar-refractivity contribution is 7.11. The quantitative estimate of drug-likeness (QED) is 0.438. The van der Waals surface area contributed by atoms with Gasteiger partial charge >= 0.3 is 0 Å². The second-order valence-electron chi connectivity index (χ2n) is 5.23. The molecule has 0 aliphatic carbocycles. The first-order valence-electron chi connectivity index (χ1n) is 7.57. The number of pyridine rings is 1. The van der Waals surface area contributed by atoms with Crippen molar-refractivity contribution in [2.75, 3.05) is 0 Å². The number of hydrogen-bond donors (Lipinski definition) is 2. The van der Waals surface area contributed by atoms with Gasteiger partial charge in [-0.3, -0.25) is 9.78 Å². The van der Waals surface area contributed by atoms with Crippen molar-refractivity contribution in [2.24, 2.45) is 5.10 Å². The molecular formula is C18H13N5OS. The molecule has 1 aromatic carbocycles. The molecule has 0 bridgehead atoms. The summed E-state index contributed by atoms with van der Waals surface area (Å²) in [5, 5.41) is 7.54. The number of aromatic amines is 1. The highest BCUT2D eigenvalue weighted by Gasteiger charge is 2.18. The molecule has 0 atom stereocenters. The van der Waals surface area contributed by atoms with E-state index in [2.05, 4.69) is 25.5 Å². The van der Waals surface area contributed by atoms with Gasteiger partial charge in [0.1, 0.15) is 10.7 Å². The number of para-hydroxylation sites is 1. The van der Waals surface area contributed by atoms with E-state index in [9.17, 15) is 4.79 Å². The summed E-state index contributed by atoms with van der Waals surface area (Å²) in [4.78, 5) is 24.0. The normalized spacial score (nSPS) is 11.2. The minimum Gasteiger partial charge on any atom is -0.350 e. The van der Waals surface area contributed by atoms with Crippen LogP contribution in [0.15, 0.2) is 65.5 Å². The van der Waals surface area contributed by atoms with Crippen molar-refractivity contribution >= 4 is 34.4 Å². The maximum atomic E-state index is 12.6. The number of benzene rings is 1. The minimum atomic E-state index is -0.309. The lowest BCUT2D eigenvalue weighted by atomic mass is 10.0. The van der Waals surface area contributed by atoms with E-state index in [1.807, 2.05) is 41.8 Å². The summed E-state index contributed by atoms with van der Waals surface area (Å²) in [5.41, 5.74) is 5.66. The maximum absolute atomic E-state index is 12.6. The van der Waals surface area contributed by atoms with Gasteiger partial charge in [0.25, 0.3) is 5.91 Å². The summed E-state index contributed by atoms with van der Waals surface area (Å²) in [6.45, 7) is 0. The van der Waals surface area contributed by atoms with E-state index in [1.54, 1.807) is 18.6 Å². The van der Waals surface area contributed by atoms with Crippen molar-refractivity contribution in [3.63, 3.8) is 0 Å². The molecule has 2 N–H and O–H groups in total. The monoisotopic (exact) mass is 347 g/mol. The van der Waals surface area contributed by atoms with Crippen molar-refractivity contribution in [1.82, 2.24) is 20.4 Å². The molecular weight excluding hydrogens is 334 g/mol. The van der Waals surface area contributed by atoms with E-state index in [-0.39, 0.29) is 5.91 Å². The standard InChI is InChI=1S/C18H13N5OS/c24-18(23-21-11-15-20-9-10-25-15)17-16(12-5-7-19-8-6-12)13-3-1-2-4-14(13)22-17/h1-11,22H,(H,23,24). The average molecular weight is 347 g/mol. The van der Waals surface area contributed by atoms with Gasteiger partial charge in [0, 0.05) is 40.4 Å². The van der Waals surface area contributed by atoms with Crippen molar-refractivity contribution in [2.45, 2.75) is 0 Å². The fourth-order valence-electron chi connectivity index (χ4n) is 2.63. The summed E-state index contributed by atoms with van der Waals surface area (Å²) in [7, 11) is 0. The van der Waals surface area contributed by atoms with Crippen molar-refractivity contribution in [3.05, 3.63) is 71.1 Å². The van der Waals surface area contributed by atoms with Crippen LogP contribution in [-0.4, -0.2) is 27.1 Å². The van der Waals surface area contributed by atoms with Crippen LogP contribution in [0.2, 0.25) is 0 Å². The van der Waals surface area contributed by atoms with Gasteiger partial charge in [0.15, 0.2) is 0 Å². The molecule has 0 radical (unpaired) electrons. The SMILES string of the molecule is O=C(NN=Cc1nccs1)c1[nH]c2ccccc2c1-c1ccncc1. The topological polar surface area (TPSA) is 83.0 Å². The van der Waals surface area contributed by atoms with E-state index in [1.165, 1.54) is 17.6 Å². The van der Waals surface area contributed by atoms with E-state index >= 15 is 0 Å². The fraction of sp³-hybridized carbons (Fsp3) is 0. The molecule has 0 aliphatic rings. The number of carbonyl (C=O) groups excluding carboxylic acids is 1. The molecule has 0 saturated heterocycles. The van der Waals surface area contributed by atoms with Gasteiger partial charge in [-0.2, -0.15) is 5.10 Å². The molecule has 4 aromatic rings. The Hall–Kier alpha value is -3.32. The summed E-state index contributed by atoms with van der Waals surface area (Å²) >= 11 is 1.45. The minimum absolute atomic E-state index is 0.309. The van der Waals surface area contributed by atoms with E-state index in [0.29, 0.717) is 5.69 Å². The zero-order valence-electron chi connectivity index (χ0n) is 13.0. The third-order valence-electron chi connectivity index (χ3n) is 3.69. The van der Waals surface area contributed by atoms with E-state index in [4.69, 9.17) is 0 Å². The fourth-order valence-corrected chi connectivity index (χ4v) is 3.13. The van der Waals surface area contributed by atoms with Crippen LogP contribution >= 0.6 is 11.3 Å². The lowest BCUT2D eigenvalue weighted by molar-refractivity contribution is 0.0951. The van der Waals surface area contributed by atoms with Gasteiger partial charge in [-0.15, -0.1) is 11.3 Å². The molecule has 1 amide bonds. The summed E-state index contributed by atoms with van der Waals surface area (Å²) in [5.74, 6) is -0.309. The first kappa shape index (κ1) is 15.2. The highest BCUT2D eigenvalue weighted by Crippen LogP contribution is 2.32. The zero-order valence-corrected chi connectivity index (χ0v) is 13.8. The molecule has 0 aliphatic heterocycles. The van der Waals surface area contributed by atoms with Crippen molar-refractivity contribution in [1.29, 1.82) is 0 Å². The Kier molecular flexibility index (Phi) is 4.05. The predicted octanol–water partition coefficient (Wildman–Crippen LogP) is 3.45. The lowest BCUT2D eigenvalue weighted by Gasteiger charge is -2.03. The number of aromatic nitrogens is 3. The Labute approximate surface area is 147 Å². The van der Waals surface area contributed by atoms with E-state index in [0.717, 1.165) is 27.0 Å². The van der Waals surface area contributed by atoms with Gasteiger partial charge in [-0.1, -0.05) is 18.2 Å². The Morgan fingerprint density at radius 2 is 2.00 bits per heavy atom. The number of H-pyrrole nitrogens is 1. The summed E-state index contributed by atoms with van der Waals surface area (Å²) < 4.78 is 0. The number of thiazole rings is 1. The number of hydrogen-bond acceptors (Lipinski definition) is 5. The number of nitrogens with one attached hydrogen (secondary N) is 2. The smallest absolute Gasteiger partial charge is 0.288 e. The van der Waals surface area contributed by atoms with Crippen LogP contribution in [0.3, 0.4) is 0 Å². The Balaban J connectivity index is 1.72. The van der Waals surface area contributed by atoms with Crippen LogP contribution in [0.5, 0.6) is 0 Å². The van der Waals surface area contributed by atoms with Gasteiger partial charge < -0.3 is 4.98 Å². The van der Waals surface area contributed by atoms with Crippen LogP contribution < -0.4 is 5.43 Å². The molecule has 0 saturated carbocycles. The summed E-state index contributed by atoms with van der Waals surface area (Å²) in [6, 6.07) is 11.6. The molecule has 3 heterocycles. The molecule has 7 heteroatoms. The number of carbonyl (C=O) groups is 1. The maximum Gasteiger partial charge on any atom is 0.288 e. The van der Waals surface area contributed by atoms with Crippen molar-refractivity contribution < 1.29 is 4.79 Å². The van der Waals surface area contributed by atoms with Crippen LogP contribution in [-0.2, 0) is 0 Å². The molecule has 0 fully saturated rings. The molecule has 6 nitrogen and oxygen atoms in total. The first-order chi connectivity index (χ1) is 12.3. The second-order valence-corrected chi connectivity index (χ2v) is 6.15. The molecule has 3 aromatic heterocycles. The number of amides is 1. The molecule has 122 valence electrons. The van der Waals surface area contributed by atoms with Gasteiger partial charge in [-0.05, 0) is 23.8 Å². The number of nitrogens with zero attached hydrogens (tertiary/aromatic N) is 3. The first-order valence-corrected chi connectivity index (χ1v) is 8.45. The number of fused-ring (bicyclic) bond motifs is 1. The number of rotatable bonds is 4. The largest absolute Gasteiger partial charge is 0.350 e. The van der Waals surface area contributed by atoms with Gasteiger partial charge in [0.2, 0.25) is 0 Å². The zero-order chi connectivity index (χ0) is 17.1. The second kappa shape index (κ2) is 6.66. The Morgan fingerprint density at radius 1 is 1.16 bits per heavy atom. The van der Waals surface area contributed by atoms with Crippen LogP contribution in [0.25, 0.3) is 22.0 Å². The third-order valence-corrected chi connectivity index (χ3v) is 4.40. The molecule has 4 rings (SSSR count). The predicted molar refractivity (Wildman–Crippen MR) is 98.7 cm³/mol. The lowest BCUT2D eigenvalue weighted by Crippen LogP contribution is -2.18. The Bertz CT molecular complexity index is 1040. The number of hydrazone groups is 1. The van der Waals surface area contributed by atoms with Crippen LogP contribution in [0.4, 0.5) is 0 Å². The van der Waals surface area contributed by atoms with Gasteiger partial charge in [0.05, 0.1) is 6.21 Å². The third kappa shape index (κ3) is 3.05. The Morgan fingerprint density at radius 3 is 2.80 bits per heavy atom. The van der Waals surface area contributed by atoms with Crippen molar-refractivity contribution in [3.8, 4) is 11.1 Å². The molecule has 0 unspecified atom stereocenters. The van der Waals surface area contributed by atoms with Crippen LogP contribution in [0, 0.1) is 0 Å². The van der Waals surface area contributed by atoms with Gasteiger partial charge in [-0.25, -0.2) is 10.4 Å². The molecule has 25 heavy (non-hydrogen) atoms. The highest BCUT2D eigenvalue weighted by atomic mass is 32.1.